The van der Waals surface area contributed by atoms with Crippen LogP contribution in [0.3, 0.4) is 0 Å². The fourth-order valence-electron chi connectivity index (χ4n) is 3.37. The lowest BCUT2D eigenvalue weighted by molar-refractivity contribution is -0.117. The number of carbonyl (C=O) groups excluding carboxylic acids is 2. The Balaban J connectivity index is 1.63. The fraction of sp³-hybridized carbons (Fsp3) is 0.364. The number of nitrogens with zero attached hydrogens (tertiary/aromatic N) is 2. The van der Waals surface area contributed by atoms with Crippen LogP contribution in [-0.4, -0.2) is 49.9 Å². The standard InChI is InChI=1S/C22H27N3O2/c1-24(2)20(14-17-8-4-3-5-9-17)16-23-22(27)18-10-6-11-19(15-18)25-13-7-12-21(25)26/h3-6,8-11,15,20H,7,12-14,16H2,1-2H3,(H,23,27)/t20-/m1/s1. The average Bonchev–Trinajstić information content (AvgIpc) is 3.11. The Morgan fingerprint density at radius 3 is 2.59 bits per heavy atom. The van der Waals surface area contributed by atoms with Crippen LogP contribution in [0.5, 0.6) is 0 Å². The molecule has 2 aromatic carbocycles. The number of hydrogen-bond donors (Lipinski definition) is 1. The molecule has 1 heterocycles. The molecule has 1 aliphatic heterocycles. The first-order chi connectivity index (χ1) is 13.0. The lowest BCUT2D eigenvalue weighted by Crippen LogP contribution is -2.41. The molecular weight excluding hydrogens is 338 g/mol. The second kappa shape index (κ2) is 8.82. The normalized spacial score (nSPS) is 15.2. The highest BCUT2D eigenvalue weighted by atomic mass is 16.2. The third-order valence-corrected chi connectivity index (χ3v) is 5.04. The van der Waals surface area contributed by atoms with Crippen LogP contribution < -0.4 is 10.2 Å². The van der Waals surface area contributed by atoms with Crippen LogP contribution in [0.15, 0.2) is 54.6 Å². The zero-order valence-corrected chi connectivity index (χ0v) is 16.0. The quantitative estimate of drug-likeness (QED) is 0.821. The number of hydrogen-bond acceptors (Lipinski definition) is 3. The van der Waals surface area contributed by atoms with Gasteiger partial charge in [-0.25, -0.2) is 0 Å². The van der Waals surface area contributed by atoms with Crippen LogP contribution in [0.25, 0.3) is 0 Å². The number of carbonyl (C=O) groups is 2. The van der Waals surface area contributed by atoms with Crippen molar-refractivity contribution in [2.75, 3.05) is 32.1 Å². The van der Waals surface area contributed by atoms with Crippen molar-refractivity contribution in [1.29, 1.82) is 0 Å². The van der Waals surface area contributed by atoms with Gasteiger partial charge >= 0.3 is 0 Å². The summed E-state index contributed by atoms with van der Waals surface area (Å²) in [5.41, 5.74) is 2.64. The van der Waals surface area contributed by atoms with Crippen molar-refractivity contribution in [2.24, 2.45) is 0 Å². The Kier molecular flexibility index (Phi) is 6.24. The third kappa shape index (κ3) is 4.95. The SMILES string of the molecule is CN(C)[C@@H](CNC(=O)c1cccc(N2CCCC2=O)c1)Cc1ccccc1. The lowest BCUT2D eigenvalue weighted by Gasteiger charge is -2.25. The van der Waals surface area contributed by atoms with Gasteiger partial charge in [0.1, 0.15) is 0 Å². The van der Waals surface area contributed by atoms with Gasteiger partial charge in [-0.05, 0) is 50.7 Å². The van der Waals surface area contributed by atoms with E-state index in [9.17, 15) is 9.59 Å². The van der Waals surface area contributed by atoms with Gasteiger partial charge in [-0.2, -0.15) is 0 Å². The molecule has 0 unspecified atom stereocenters. The van der Waals surface area contributed by atoms with E-state index in [0.717, 1.165) is 25.1 Å². The van der Waals surface area contributed by atoms with Gasteiger partial charge in [0.15, 0.2) is 0 Å². The molecule has 1 atom stereocenters. The molecule has 0 bridgehead atoms. The molecule has 3 rings (SSSR count). The largest absolute Gasteiger partial charge is 0.350 e. The first kappa shape index (κ1) is 19.1. The van der Waals surface area contributed by atoms with Crippen molar-refractivity contribution in [2.45, 2.75) is 25.3 Å². The third-order valence-electron chi connectivity index (χ3n) is 5.04. The molecule has 1 aliphatic rings. The van der Waals surface area contributed by atoms with E-state index < -0.39 is 0 Å². The summed E-state index contributed by atoms with van der Waals surface area (Å²) in [7, 11) is 4.05. The maximum Gasteiger partial charge on any atom is 0.251 e. The molecule has 2 amide bonds. The monoisotopic (exact) mass is 365 g/mol. The van der Waals surface area contributed by atoms with Gasteiger partial charge < -0.3 is 15.1 Å². The molecule has 1 fully saturated rings. The maximum absolute atomic E-state index is 12.6. The zero-order chi connectivity index (χ0) is 19.2. The molecule has 27 heavy (non-hydrogen) atoms. The van der Waals surface area contributed by atoms with E-state index in [1.54, 1.807) is 17.0 Å². The lowest BCUT2D eigenvalue weighted by atomic mass is 10.0. The highest BCUT2D eigenvalue weighted by Gasteiger charge is 2.22. The molecule has 2 aromatic rings. The van der Waals surface area contributed by atoms with Gasteiger partial charge in [0, 0.05) is 36.8 Å². The molecule has 1 N–H and O–H groups in total. The van der Waals surface area contributed by atoms with Crippen LogP contribution in [0.1, 0.15) is 28.8 Å². The molecule has 0 aromatic heterocycles. The fourth-order valence-corrected chi connectivity index (χ4v) is 3.37. The maximum atomic E-state index is 12.6. The topological polar surface area (TPSA) is 52.7 Å². The zero-order valence-electron chi connectivity index (χ0n) is 16.0. The minimum atomic E-state index is -0.108. The number of rotatable bonds is 7. The molecule has 5 nitrogen and oxygen atoms in total. The van der Waals surface area contributed by atoms with Crippen LogP contribution in [0.4, 0.5) is 5.69 Å². The van der Waals surface area contributed by atoms with E-state index in [1.807, 2.05) is 44.4 Å². The minimum absolute atomic E-state index is 0.108. The van der Waals surface area contributed by atoms with Gasteiger partial charge in [-0.1, -0.05) is 36.4 Å². The smallest absolute Gasteiger partial charge is 0.251 e. The van der Waals surface area contributed by atoms with Gasteiger partial charge in [0.05, 0.1) is 0 Å². The minimum Gasteiger partial charge on any atom is -0.350 e. The number of nitrogens with one attached hydrogen (secondary N) is 1. The van der Waals surface area contributed by atoms with E-state index in [0.29, 0.717) is 18.5 Å². The summed E-state index contributed by atoms with van der Waals surface area (Å²) in [5.74, 6) is 0.0199. The van der Waals surface area contributed by atoms with Gasteiger partial charge in [0.2, 0.25) is 5.91 Å². The van der Waals surface area contributed by atoms with E-state index in [2.05, 4.69) is 22.3 Å². The summed E-state index contributed by atoms with van der Waals surface area (Å²) in [4.78, 5) is 28.5. The number of amides is 2. The highest BCUT2D eigenvalue weighted by Crippen LogP contribution is 2.22. The van der Waals surface area contributed by atoms with Gasteiger partial charge in [-0.15, -0.1) is 0 Å². The van der Waals surface area contributed by atoms with Crippen LogP contribution >= 0.6 is 0 Å². The first-order valence-corrected chi connectivity index (χ1v) is 9.43. The van der Waals surface area contributed by atoms with Gasteiger partial charge in [-0.3, -0.25) is 9.59 Å². The molecule has 1 saturated heterocycles. The number of anilines is 1. The predicted molar refractivity (Wildman–Crippen MR) is 108 cm³/mol. The summed E-state index contributed by atoms with van der Waals surface area (Å²) in [5, 5.41) is 3.05. The average molecular weight is 365 g/mol. The highest BCUT2D eigenvalue weighted by molar-refractivity contribution is 5.99. The summed E-state index contributed by atoms with van der Waals surface area (Å²) in [6, 6.07) is 17.8. The Morgan fingerprint density at radius 1 is 1.15 bits per heavy atom. The van der Waals surface area contributed by atoms with E-state index in [-0.39, 0.29) is 17.9 Å². The van der Waals surface area contributed by atoms with E-state index in [4.69, 9.17) is 0 Å². The molecule has 142 valence electrons. The second-order valence-corrected chi connectivity index (χ2v) is 7.22. The van der Waals surface area contributed by atoms with Crippen LogP contribution in [0.2, 0.25) is 0 Å². The van der Waals surface area contributed by atoms with E-state index in [1.165, 1.54) is 5.56 Å². The van der Waals surface area contributed by atoms with Gasteiger partial charge in [0.25, 0.3) is 5.91 Å². The Morgan fingerprint density at radius 2 is 1.93 bits per heavy atom. The second-order valence-electron chi connectivity index (χ2n) is 7.22. The summed E-state index contributed by atoms with van der Waals surface area (Å²) in [6.07, 6.45) is 2.33. The predicted octanol–water partition coefficient (Wildman–Crippen LogP) is 2.72. The van der Waals surface area contributed by atoms with Crippen molar-refractivity contribution in [3.63, 3.8) is 0 Å². The summed E-state index contributed by atoms with van der Waals surface area (Å²) in [6.45, 7) is 1.29. The molecule has 5 heteroatoms. The summed E-state index contributed by atoms with van der Waals surface area (Å²) < 4.78 is 0. The van der Waals surface area contributed by atoms with Crippen LogP contribution in [-0.2, 0) is 11.2 Å². The Labute approximate surface area is 161 Å². The first-order valence-electron chi connectivity index (χ1n) is 9.43. The Bertz CT molecular complexity index is 789. The van der Waals surface area contributed by atoms with Crippen molar-refractivity contribution < 1.29 is 9.59 Å². The van der Waals surface area contributed by atoms with Crippen LogP contribution in [0, 0.1) is 0 Å². The summed E-state index contributed by atoms with van der Waals surface area (Å²) >= 11 is 0. The van der Waals surface area contributed by atoms with Crippen molar-refractivity contribution in [1.82, 2.24) is 10.2 Å². The van der Waals surface area contributed by atoms with Crippen molar-refractivity contribution in [3.05, 3.63) is 65.7 Å². The number of benzene rings is 2. The van der Waals surface area contributed by atoms with Crippen molar-refractivity contribution in [3.8, 4) is 0 Å². The molecular formula is C22H27N3O2. The number of likely N-dealkylation sites (N-methyl/N-ethyl adjacent to an activating group) is 1. The molecule has 0 spiro atoms. The molecule has 0 saturated carbocycles. The molecule has 0 aliphatic carbocycles. The van der Waals surface area contributed by atoms with Crippen molar-refractivity contribution >= 4 is 17.5 Å². The molecule has 0 radical (unpaired) electrons. The Hall–Kier alpha value is -2.66. The van der Waals surface area contributed by atoms with E-state index >= 15 is 0 Å².